The fraction of sp³-hybridized carbons (Fsp3) is 0.250. The van der Waals surface area contributed by atoms with Gasteiger partial charge in [0.2, 0.25) is 11.6 Å². The van der Waals surface area contributed by atoms with Crippen molar-refractivity contribution in [3.63, 3.8) is 0 Å². The largest absolute Gasteiger partial charge is 0.819 e. The number of ether oxygens (including phenoxy) is 1. The van der Waals surface area contributed by atoms with Crippen LogP contribution < -0.4 is 5.11 Å². The molecule has 21 heavy (non-hydrogen) atoms. The van der Waals surface area contributed by atoms with Gasteiger partial charge in [-0.05, 0) is 12.0 Å². The van der Waals surface area contributed by atoms with E-state index in [0.717, 1.165) is 23.3 Å². The van der Waals surface area contributed by atoms with Crippen molar-refractivity contribution in [3.8, 4) is 0 Å². The van der Waals surface area contributed by atoms with Gasteiger partial charge in [-0.2, -0.15) is 4.84 Å². The van der Waals surface area contributed by atoms with Crippen LogP contribution in [-0.2, 0) is 14.4 Å². The number of methoxy groups -OCH3 is 1. The summed E-state index contributed by atoms with van der Waals surface area (Å²) < 4.78 is 6.30. The average Bonchev–Trinajstić information content (AvgIpc) is 2.83. The Morgan fingerprint density at radius 3 is 2.71 bits per heavy atom. The van der Waals surface area contributed by atoms with E-state index in [1.807, 2.05) is 6.07 Å². The van der Waals surface area contributed by atoms with E-state index in [1.54, 1.807) is 37.5 Å². The Labute approximate surface area is 122 Å². The van der Waals surface area contributed by atoms with Gasteiger partial charge in [0.15, 0.2) is 0 Å². The van der Waals surface area contributed by atoms with Gasteiger partial charge in [-0.25, -0.2) is 4.79 Å². The minimum Gasteiger partial charge on any atom is -0.819 e. The molecule has 0 radical (unpaired) electrons. The lowest BCUT2D eigenvalue weighted by atomic mass is 10.0. The zero-order valence-corrected chi connectivity index (χ0v) is 11.7. The smallest absolute Gasteiger partial charge is 0.417 e. The molecule has 0 amide bonds. The van der Waals surface area contributed by atoms with Gasteiger partial charge in [-0.15, -0.1) is 0 Å². The van der Waals surface area contributed by atoms with E-state index in [1.165, 1.54) is 0 Å². The first kappa shape index (κ1) is 13.4. The van der Waals surface area contributed by atoms with Crippen molar-refractivity contribution in [3.05, 3.63) is 53.6 Å². The van der Waals surface area contributed by atoms with Crippen LogP contribution in [0.5, 0.6) is 0 Å². The molecule has 1 aliphatic heterocycles. The first-order chi connectivity index (χ1) is 10.2. The Kier molecular flexibility index (Phi) is 3.48. The molecule has 0 atom stereocenters. The summed E-state index contributed by atoms with van der Waals surface area (Å²) in [6.45, 7) is 0. The lowest BCUT2D eigenvalue weighted by molar-refractivity contribution is -0.773. The fourth-order valence-electron chi connectivity index (χ4n) is 2.49. The Hall–Kier alpha value is -2.56. The van der Waals surface area contributed by atoms with Gasteiger partial charge in [0.05, 0.1) is 7.11 Å². The van der Waals surface area contributed by atoms with Crippen LogP contribution in [0.3, 0.4) is 0 Å². The van der Waals surface area contributed by atoms with Crippen molar-refractivity contribution in [1.29, 1.82) is 0 Å². The number of carbonyl (C=O) groups is 1. The molecule has 0 fully saturated rings. The van der Waals surface area contributed by atoms with Crippen LogP contribution in [0.25, 0.3) is 5.57 Å². The van der Waals surface area contributed by atoms with Crippen molar-refractivity contribution in [2.75, 3.05) is 7.11 Å². The molecule has 0 bridgehead atoms. The molecule has 0 spiro atoms. The van der Waals surface area contributed by atoms with Crippen LogP contribution in [0.15, 0.2) is 48.1 Å². The molecule has 108 valence electrons. The SMILES string of the molecule is COC1=C/C(=[N+]2\OC(=O)C(c3ccccc3)=C2[O-])CCC1. The van der Waals surface area contributed by atoms with Crippen molar-refractivity contribution < 1.29 is 24.2 Å². The van der Waals surface area contributed by atoms with Crippen LogP contribution >= 0.6 is 0 Å². The summed E-state index contributed by atoms with van der Waals surface area (Å²) in [6, 6.07) is 8.83. The van der Waals surface area contributed by atoms with Gasteiger partial charge in [0.25, 0.3) is 0 Å². The number of hydrogen-bond donors (Lipinski definition) is 0. The monoisotopic (exact) mass is 285 g/mol. The summed E-state index contributed by atoms with van der Waals surface area (Å²) >= 11 is 0. The van der Waals surface area contributed by atoms with E-state index in [4.69, 9.17) is 9.57 Å². The van der Waals surface area contributed by atoms with Crippen molar-refractivity contribution in [2.45, 2.75) is 19.3 Å². The molecule has 1 aliphatic carbocycles. The topological polar surface area (TPSA) is 61.6 Å². The fourth-order valence-corrected chi connectivity index (χ4v) is 2.49. The predicted octanol–water partition coefficient (Wildman–Crippen LogP) is 1.35. The third-order valence-corrected chi connectivity index (χ3v) is 3.55. The Balaban J connectivity index is 2.07. The van der Waals surface area contributed by atoms with Gasteiger partial charge in [0, 0.05) is 23.7 Å². The highest BCUT2D eigenvalue weighted by Crippen LogP contribution is 2.26. The van der Waals surface area contributed by atoms with Crippen LogP contribution in [0, 0.1) is 0 Å². The molecule has 2 aliphatic rings. The van der Waals surface area contributed by atoms with Gasteiger partial charge >= 0.3 is 5.97 Å². The first-order valence-corrected chi connectivity index (χ1v) is 6.80. The minimum atomic E-state index is -0.614. The summed E-state index contributed by atoms with van der Waals surface area (Å²) in [4.78, 5) is 17.1. The molecule has 5 nitrogen and oxygen atoms in total. The van der Waals surface area contributed by atoms with E-state index >= 15 is 0 Å². The molecule has 1 aromatic rings. The summed E-state index contributed by atoms with van der Waals surface area (Å²) in [7, 11) is 1.59. The molecule has 0 N–H and O–H groups in total. The van der Waals surface area contributed by atoms with Crippen LogP contribution in [-0.4, -0.2) is 23.5 Å². The van der Waals surface area contributed by atoms with Gasteiger partial charge in [0.1, 0.15) is 11.3 Å². The molecular weight excluding hydrogens is 270 g/mol. The van der Waals surface area contributed by atoms with Crippen molar-refractivity contribution in [1.82, 2.24) is 0 Å². The van der Waals surface area contributed by atoms with Crippen LogP contribution in [0.4, 0.5) is 0 Å². The summed E-state index contributed by atoms with van der Waals surface area (Å²) in [5, 5.41) is 12.5. The van der Waals surface area contributed by atoms with Gasteiger partial charge in [-0.1, -0.05) is 30.3 Å². The highest BCUT2D eigenvalue weighted by Gasteiger charge is 2.36. The number of hydroxylamine groups is 1. The summed E-state index contributed by atoms with van der Waals surface area (Å²) in [5.41, 5.74) is 1.30. The zero-order chi connectivity index (χ0) is 14.8. The highest BCUT2D eigenvalue weighted by molar-refractivity contribution is 6.17. The van der Waals surface area contributed by atoms with E-state index in [2.05, 4.69) is 0 Å². The Morgan fingerprint density at radius 1 is 1.24 bits per heavy atom. The maximum Gasteiger partial charge on any atom is 0.417 e. The standard InChI is InChI=1S/C16H15NO4/c1-20-13-9-5-8-12(10-13)17-15(18)14(16(19)21-17)11-6-3-2-4-7-11/h2-4,6-7,10H,5,8-9H2,1H3/b17-12-. The lowest BCUT2D eigenvalue weighted by Crippen LogP contribution is -2.25. The lowest BCUT2D eigenvalue weighted by Gasteiger charge is -2.11. The number of rotatable bonds is 2. The van der Waals surface area contributed by atoms with Gasteiger partial charge in [-0.3, -0.25) is 0 Å². The third-order valence-electron chi connectivity index (χ3n) is 3.55. The second kappa shape index (κ2) is 5.44. The normalized spacial score (nSPS) is 22.1. The van der Waals surface area contributed by atoms with Crippen LogP contribution in [0.1, 0.15) is 24.8 Å². The maximum atomic E-state index is 12.5. The average molecular weight is 285 g/mol. The Bertz CT molecular complexity index is 671. The maximum absolute atomic E-state index is 12.5. The van der Waals surface area contributed by atoms with E-state index in [0.29, 0.717) is 17.7 Å². The third kappa shape index (κ3) is 2.42. The molecule has 5 heteroatoms. The Morgan fingerprint density at radius 2 is 2.00 bits per heavy atom. The second-order valence-corrected chi connectivity index (χ2v) is 4.88. The molecule has 1 heterocycles. The number of allylic oxidation sites excluding steroid dienone is 2. The van der Waals surface area contributed by atoms with Crippen molar-refractivity contribution in [2.24, 2.45) is 0 Å². The van der Waals surface area contributed by atoms with E-state index in [-0.39, 0.29) is 5.57 Å². The number of nitrogens with zero attached hydrogens (tertiary/aromatic N) is 1. The number of carbonyl (C=O) groups excluding carboxylic acids is 1. The van der Waals surface area contributed by atoms with Gasteiger partial charge < -0.3 is 9.84 Å². The van der Waals surface area contributed by atoms with E-state index in [9.17, 15) is 9.90 Å². The van der Waals surface area contributed by atoms with Crippen molar-refractivity contribution >= 4 is 17.3 Å². The predicted molar refractivity (Wildman–Crippen MR) is 73.7 cm³/mol. The zero-order valence-electron chi connectivity index (χ0n) is 11.7. The quantitative estimate of drug-likeness (QED) is 0.608. The first-order valence-electron chi connectivity index (χ1n) is 6.80. The number of benzene rings is 1. The molecule has 0 unspecified atom stereocenters. The molecule has 0 aromatic heterocycles. The summed E-state index contributed by atoms with van der Waals surface area (Å²) in [6.07, 6.45) is 4.12. The minimum absolute atomic E-state index is 0.0704. The summed E-state index contributed by atoms with van der Waals surface area (Å²) in [5.74, 6) is -0.250. The second-order valence-electron chi connectivity index (χ2n) is 4.88. The van der Waals surface area contributed by atoms with E-state index < -0.39 is 11.9 Å². The molecule has 0 saturated heterocycles. The number of hydrogen-bond acceptors (Lipinski definition) is 4. The van der Waals surface area contributed by atoms with Crippen LogP contribution in [0.2, 0.25) is 0 Å². The highest BCUT2D eigenvalue weighted by atomic mass is 16.7. The molecule has 3 rings (SSSR count). The molecular formula is C16H15NO4. The molecule has 0 saturated carbocycles. The molecule has 1 aromatic carbocycles.